The number of thiazole rings is 1. The smallest absolute Gasteiger partial charge is 0.195 e. The van der Waals surface area contributed by atoms with E-state index in [0.717, 1.165) is 21.3 Å². The molecule has 1 N–H and O–H groups in total. The first-order chi connectivity index (χ1) is 9.66. The van der Waals surface area contributed by atoms with Gasteiger partial charge >= 0.3 is 0 Å². The zero-order chi connectivity index (χ0) is 14.1. The molecule has 3 aromatic rings. The Morgan fingerprint density at radius 3 is 2.75 bits per heavy atom. The van der Waals surface area contributed by atoms with Crippen molar-refractivity contribution in [3.63, 3.8) is 0 Å². The van der Waals surface area contributed by atoms with Crippen LogP contribution in [0.15, 0.2) is 30.7 Å². The van der Waals surface area contributed by atoms with E-state index < -0.39 is 0 Å². The fourth-order valence-corrected chi connectivity index (χ4v) is 3.21. The number of aromatic amines is 1. The van der Waals surface area contributed by atoms with Crippen molar-refractivity contribution in [1.82, 2.24) is 24.7 Å². The molecule has 0 aliphatic rings. The lowest BCUT2D eigenvalue weighted by Gasteiger charge is -2.08. The average Bonchev–Trinajstić information content (AvgIpc) is 3.05. The van der Waals surface area contributed by atoms with Gasteiger partial charge in [0.2, 0.25) is 0 Å². The molecule has 0 radical (unpaired) electrons. The molecule has 0 aromatic carbocycles. The lowest BCUT2D eigenvalue weighted by atomic mass is 10.3. The van der Waals surface area contributed by atoms with Crippen LogP contribution in [-0.2, 0) is 0 Å². The Morgan fingerprint density at radius 2 is 2.05 bits per heavy atom. The van der Waals surface area contributed by atoms with Crippen molar-refractivity contribution in [3.05, 3.63) is 35.5 Å². The van der Waals surface area contributed by atoms with Crippen molar-refractivity contribution in [2.24, 2.45) is 0 Å². The van der Waals surface area contributed by atoms with E-state index in [1.807, 2.05) is 22.9 Å². The molecule has 0 saturated carbocycles. The normalized spacial score (nSPS) is 11.2. The largest absolute Gasteiger partial charge is 0.297 e. The van der Waals surface area contributed by atoms with E-state index in [2.05, 4.69) is 34.0 Å². The summed E-state index contributed by atoms with van der Waals surface area (Å²) in [6.45, 7) is 4.17. The molecule has 0 aliphatic carbocycles. The zero-order valence-corrected chi connectivity index (χ0v) is 12.7. The van der Waals surface area contributed by atoms with Gasteiger partial charge in [0, 0.05) is 30.2 Å². The number of hydrogen-bond acceptors (Lipinski definition) is 5. The molecule has 3 rings (SSSR count). The van der Waals surface area contributed by atoms with E-state index in [1.165, 1.54) is 0 Å². The van der Waals surface area contributed by atoms with Crippen LogP contribution >= 0.6 is 23.6 Å². The van der Waals surface area contributed by atoms with E-state index in [4.69, 9.17) is 12.2 Å². The number of aromatic nitrogens is 5. The van der Waals surface area contributed by atoms with Gasteiger partial charge in [-0.1, -0.05) is 0 Å². The first kappa shape index (κ1) is 13.1. The second-order valence-corrected chi connectivity index (χ2v) is 6.00. The van der Waals surface area contributed by atoms with Gasteiger partial charge in [0.25, 0.3) is 0 Å². The molecule has 0 aliphatic heterocycles. The number of rotatable bonds is 3. The third-order valence-corrected chi connectivity index (χ3v) is 4.20. The molecule has 0 bridgehead atoms. The van der Waals surface area contributed by atoms with Crippen molar-refractivity contribution in [2.75, 3.05) is 0 Å². The lowest BCUT2D eigenvalue weighted by Crippen LogP contribution is -2.02. The first-order valence-electron chi connectivity index (χ1n) is 6.20. The van der Waals surface area contributed by atoms with E-state index in [1.54, 1.807) is 23.7 Å². The van der Waals surface area contributed by atoms with Crippen molar-refractivity contribution in [2.45, 2.75) is 19.9 Å². The number of pyridine rings is 1. The second-order valence-electron chi connectivity index (χ2n) is 4.58. The Hall–Kier alpha value is -1.86. The van der Waals surface area contributed by atoms with E-state index in [9.17, 15) is 0 Å². The van der Waals surface area contributed by atoms with Gasteiger partial charge in [-0.05, 0) is 38.2 Å². The topological polar surface area (TPSA) is 59.4 Å². The minimum Gasteiger partial charge on any atom is -0.297 e. The van der Waals surface area contributed by atoms with Gasteiger partial charge in [0.05, 0.1) is 4.88 Å². The Bertz CT molecular complexity index is 769. The summed E-state index contributed by atoms with van der Waals surface area (Å²) < 4.78 is 2.63. The van der Waals surface area contributed by atoms with Crippen LogP contribution in [0.5, 0.6) is 0 Å². The van der Waals surface area contributed by atoms with Gasteiger partial charge in [-0.25, -0.2) is 4.98 Å². The number of H-pyrrole nitrogens is 1. The highest BCUT2D eigenvalue weighted by molar-refractivity contribution is 7.71. The molecular weight excluding hydrogens is 290 g/mol. The Kier molecular flexibility index (Phi) is 3.45. The van der Waals surface area contributed by atoms with Crippen LogP contribution in [0.1, 0.15) is 19.9 Å². The molecule has 3 aromatic heterocycles. The summed E-state index contributed by atoms with van der Waals surface area (Å²) in [6.07, 6.45) is 5.37. The van der Waals surface area contributed by atoms with Crippen molar-refractivity contribution >= 4 is 23.6 Å². The van der Waals surface area contributed by atoms with Crippen molar-refractivity contribution in [3.8, 4) is 21.3 Å². The van der Waals surface area contributed by atoms with Crippen LogP contribution < -0.4 is 0 Å². The van der Waals surface area contributed by atoms with Crippen LogP contribution in [0.3, 0.4) is 0 Å². The fourth-order valence-electron chi connectivity index (χ4n) is 1.96. The lowest BCUT2D eigenvalue weighted by molar-refractivity contribution is 0.597. The predicted molar refractivity (Wildman–Crippen MR) is 82.1 cm³/mol. The molecule has 20 heavy (non-hydrogen) atoms. The van der Waals surface area contributed by atoms with Crippen LogP contribution in [0.25, 0.3) is 21.3 Å². The summed E-state index contributed by atoms with van der Waals surface area (Å²) in [7, 11) is 0. The highest BCUT2D eigenvalue weighted by Crippen LogP contribution is 2.31. The van der Waals surface area contributed by atoms with Gasteiger partial charge in [-0.15, -0.1) is 11.3 Å². The maximum absolute atomic E-state index is 5.27. The maximum atomic E-state index is 5.27. The van der Waals surface area contributed by atoms with Crippen LogP contribution in [0.2, 0.25) is 0 Å². The highest BCUT2D eigenvalue weighted by Gasteiger charge is 2.14. The molecular formula is C13H13N5S2. The van der Waals surface area contributed by atoms with Gasteiger partial charge in [0.15, 0.2) is 10.6 Å². The molecule has 0 fully saturated rings. The molecule has 0 atom stereocenters. The van der Waals surface area contributed by atoms with E-state index >= 15 is 0 Å². The molecule has 3 heterocycles. The van der Waals surface area contributed by atoms with E-state index in [-0.39, 0.29) is 6.04 Å². The third-order valence-electron chi connectivity index (χ3n) is 2.87. The maximum Gasteiger partial charge on any atom is 0.195 e. The van der Waals surface area contributed by atoms with Gasteiger partial charge in [-0.3, -0.25) is 14.6 Å². The molecule has 5 nitrogen and oxygen atoms in total. The monoisotopic (exact) mass is 303 g/mol. The average molecular weight is 303 g/mol. The Balaban J connectivity index is 2.05. The first-order valence-corrected chi connectivity index (χ1v) is 7.43. The number of nitrogens with one attached hydrogen (secondary N) is 1. The fraction of sp³-hybridized carbons (Fsp3) is 0.231. The molecule has 0 spiro atoms. The molecule has 0 saturated heterocycles. The van der Waals surface area contributed by atoms with Gasteiger partial charge < -0.3 is 0 Å². The van der Waals surface area contributed by atoms with Gasteiger partial charge in [0.1, 0.15) is 5.01 Å². The second kappa shape index (κ2) is 5.26. The Morgan fingerprint density at radius 1 is 1.30 bits per heavy atom. The van der Waals surface area contributed by atoms with Crippen LogP contribution in [-0.4, -0.2) is 24.7 Å². The quantitative estimate of drug-likeness (QED) is 0.749. The van der Waals surface area contributed by atoms with E-state index in [0.29, 0.717) is 4.77 Å². The van der Waals surface area contributed by atoms with Gasteiger partial charge in [-0.2, -0.15) is 5.10 Å². The van der Waals surface area contributed by atoms with Crippen LogP contribution in [0.4, 0.5) is 0 Å². The SMILES string of the molecule is CC(C)n1c(-c2cnc(-c3ccncc3)s2)n[nH]c1=S. The number of nitrogens with zero attached hydrogens (tertiary/aromatic N) is 4. The zero-order valence-electron chi connectivity index (χ0n) is 11.1. The standard InChI is InChI=1S/C13H13N5S2/c1-8(2)18-11(16-17-13(18)19)10-7-15-12(20-10)9-3-5-14-6-4-9/h3-8H,1-2H3,(H,17,19). The third kappa shape index (κ3) is 2.30. The van der Waals surface area contributed by atoms with Crippen molar-refractivity contribution in [1.29, 1.82) is 0 Å². The highest BCUT2D eigenvalue weighted by atomic mass is 32.1. The summed E-state index contributed by atoms with van der Waals surface area (Å²) >= 11 is 6.87. The predicted octanol–water partition coefficient (Wildman–Crippen LogP) is 3.71. The molecule has 0 amide bonds. The minimum atomic E-state index is 0.253. The number of hydrogen-bond donors (Lipinski definition) is 1. The summed E-state index contributed by atoms with van der Waals surface area (Å²) in [4.78, 5) is 9.48. The summed E-state index contributed by atoms with van der Waals surface area (Å²) in [5.74, 6) is 0.836. The van der Waals surface area contributed by atoms with Crippen LogP contribution in [0, 0.1) is 4.77 Å². The minimum absolute atomic E-state index is 0.253. The molecule has 0 unspecified atom stereocenters. The summed E-state index contributed by atoms with van der Waals surface area (Å²) in [5.41, 5.74) is 1.06. The Labute approximate surface area is 125 Å². The molecule has 102 valence electrons. The molecule has 7 heteroatoms. The van der Waals surface area contributed by atoms with Crippen molar-refractivity contribution < 1.29 is 0 Å². The summed E-state index contributed by atoms with van der Waals surface area (Å²) in [5, 5.41) is 8.12. The summed E-state index contributed by atoms with van der Waals surface area (Å²) in [6, 6.07) is 4.15.